The molecule has 0 fully saturated rings. The molecule has 1 heterocycles. The van der Waals surface area contributed by atoms with E-state index in [4.69, 9.17) is 18.4 Å². The molecular formula is C21H18O8S. The van der Waals surface area contributed by atoms with Crippen molar-refractivity contribution < 1.29 is 36.7 Å². The molecule has 0 aromatic heterocycles. The van der Waals surface area contributed by atoms with Crippen LogP contribution < -0.4 is 14.2 Å². The van der Waals surface area contributed by atoms with Crippen LogP contribution in [0.5, 0.6) is 17.2 Å². The topological polar surface area (TPSA) is 108 Å². The number of rotatable bonds is 6. The molecular weight excluding hydrogens is 412 g/mol. The zero-order valence-corrected chi connectivity index (χ0v) is 17.0. The number of methoxy groups -OCH3 is 1. The largest absolute Gasteiger partial charge is 0.497 e. The molecule has 9 heteroatoms. The number of carbonyl (C=O) groups is 1. The molecule has 1 aliphatic rings. The second-order valence-electron chi connectivity index (χ2n) is 6.68. The SMILES string of the molecule is COc1ccc(-c2c(COS(C)(=O)=O)c(C(=O)O)cc3ccc4c(c23)OCO4)cc1. The summed E-state index contributed by atoms with van der Waals surface area (Å²) < 4.78 is 44.6. The van der Waals surface area contributed by atoms with Crippen LogP contribution >= 0.6 is 0 Å². The summed E-state index contributed by atoms with van der Waals surface area (Å²) >= 11 is 0. The lowest BCUT2D eigenvalue weighted by Gasteiger charge is -2.18. The van der Waals surface area contributed by atoms with E-state index in [1.54, 1.807) is 43.5 Å². The van der Waals surface area contributed by atoms with Gasteiger partial charge in [0.15, 0.2) is 11.5 Å². The quantitative estimate of drug-likeness (QED) is 0.593. The molecule has 4 rings (SSSR count). The molecule has 8 nitrogen and oxygen atoms in total. The average Bonchev–Trinajstić information content (AvgIpc) is 3.19. The third-order valence-corrected chi connectivity index (χ3v) is 5.32. The van der Waals surface area contributed by atoms with Gasteiger partial charge in [0.2, 0.25) is 6.79 Å². The van der Waals surface area contributed by atoms with Gasteiger partial charge >= 0.3 is 5.97 Å². The lowest BCUT2D eigenvalue weighted by atomic mass is 9.89. The summed E-state index contributed by atoms with van der Waals surface area (Å²) in [5.74, 6) is 0.416. The lowest BCUT2D eigenvalue weighted by Crippen LogP contribution is -2.10. The van der Waals surface area contributed by atoms with Gasteiger partial charge in [0, 0.05) is 10.9 Å². The Labute approximate surface area is 172 Å². The van der Waals surface area contributed by atoms with E-state index in [0.29, 0.717) is 39.1 Å². The van der Waals surface area contributed by atoms with Gasteiger partial charge in [0.1, 0.15) is 5.75 Å². The number of carboxylic acid groups (broad SMARTS) is 1. The van der Waals surface area contributed by atoms with Gasteiger partial charge in [-0.05, 0) is 40.8 Å². The molecule has 0 saturated heterocycles. The maximum Gasteiger partial charge on any atom is 0.336 e. The molecule has 0 saturated carbocycles. The van der Waals surface area contributed by atoms with E-state index in [1.165, 1.54) is 6.07 Å². The van der Waals surface area contributed by atoms with Crippen LogP contribution in [0.15, 0.2) is 42.5 Å². The molecule has 0 radical (unpaired) electrons. The first-order valence-corrected chi connectivity index (χ1v) is 10.7. The smallest absolute Gasteiger partial charge is 0.336 e. The van der Waals surface area contributed by atoms with Crippen LogP contribution in [-0.4, -0.2) is 39.7 Å². The third kappa shape index (κ3) is 3.64. The number of benzene rings is 3. The molecule has 3 aromatic carbocycles. The van der Waals surface area contributed by atoms with Crippen LogP contribution in [0.2, 0.25) is 0 Å². The van der Waals surface area contributed by atoms with E-state index in [-0.39, 0.29) is 17.9 Å². The highest BCUT2D eigenvalue weighted by Crippen LogP contribution is 2.46. The fraction of sp³-hybridized carbons (Fsp3) is 0.190. The summed E-state index contributed by atoms with van der Waals surface area (Å²) in [6.45, 7) is -0.408. The summed E-state index contributed by atoms with van der Waals surface area (Å²) in [5, 5.41) is 11.1. The van der Waals surface area contributed by atoms with E-state index in [9.17, 15) is 18.3 Å². The summed E-state index contributed by atoms with van der Waals surface area (Å²) in [6.07, 6.45) is 0.913. The van der Waals surface area contributed by atoms with Crippen LogP contribution in [0.3, 0.4) is 0 Å². The van der Waals surface area contributed by atoms with Crippen molar-refractivity contribution in [3.8, 4) is 28.4 Å². The molecule has 0 spiro atoms. The maximum absolute atomic E-state index is 12.0. The van der Waals surface area contributed by atoms with Crippen LogP contribution in [0.25, 0.3) is 21.9 Å². The zero-order chi connectivity index (χ0) is 21.5. The van der Waals surface area contributed by atoms with Gasteiger partial charge in [-0.3, -0.25) is 4.18 Å². The lowest BCUT2D eigenvalue weighted by molar-refractivity contribution is 0.0694. The Balaban J connectivity index is 2.08. The minimum absolute atomic E-state index is 0.0341. The molecule has 1 N–H and O–H groups in total. The molecule has 0 aliphatic carbocycles. The van der Waals surface area contributed by atoms with E-state index in [1.807, 2.05) is 0 Å². The summed E-state index contributed by atoms with van der Waals surface area (Å²) in [6, 6.07) is 11.9. The predicted octanol–water partition coefficient (Wildman–Crippen LogP) is 3.42. The van der Waals surface area contributed by atoms with Crippen molar-refractivity contribution in [1.29, 1.82) is 0 Å². The van der Waals surface area contributed by atoms with Crippen molar-refractivity contribution in [3.63, 3.8) is 0 Å². The summed E-state index contributed by atoms with van der Waals surface area (Å²) in [4.78, 5) is 12.0. The molecule has 156 valence electrons. The molecule has 3 aromatic rings. The molecule has 0 unspecified atom stereocenters. The Kier molecular flexibility index (Phi) is 5.00. The van der Waals surface area contributed by atoms with Gasteiger partial charge in [0.05, 0.1) is 25.5 Å². The predicted molar refractivity (Wildman–Crippen MR) is 109 cm³/mol. The van der Waals surface area contributed by atoms with Gasteiger partial charge in [-0.25, -0.2) is 4.79 Å². The van der Waals surface area contributed by atoms with Crippen molar-refractivity contribution in [3.05, 3.63) is 53.6 Å². The van der Waals surface area contributed by atoms with Gasteiger partial charge in [-0.15, -0.1) is 0 Å². The molecule has 30 heavy (non-hydrogen) atoms. The van der Waals surface area contributed by atoms with E-state index < -0.39 is 22.7 Å². The van der Waals surface area contributed by atoms with E-state index in [2.05, 4.69) is 0 Å². The minimum Gasteiger partial charge on any atom is -0.497 e. The van der Waals surface area contributed by atoms with E-state index in [0.717, 1.165) is 6.26 Å². The average molecular weight is 430 g/mol. The monoisotopic (exact) mass is 430 g/mol. The molecule has 1 aliphatic heterocycles. The van der Waals surface area contributed by atoms with Gasteiger partial charge in [-0.2, -0.15) is 8.42 Å². The Hall–Kier alpha value is -3.30. The van der Waals surface area contributed by atoms with Gasteiger partial charge in [-0.1, -0.05) is 18.2 Å². The van der Waals surface area contributed by atoms with Crippen LogP contribution in [0, 0.1) is 0 Å². The van der Waals surface area contributed by atoms with Crippen molar-refractivity contribution in [1.82, 2.24) is 0 Å². The number of ether oxygens (including phenoxy) is 3. The second-order valence-corrected chi connectivity index (χ2v) is 8.32. The number of carboxylic acids is 1. The molecule has 0 atom stereocenters. The number of hydrogen-bond acceptors (Lipinski definition) is 7. The minimum atomic E-state index is -3.81. The third-order valence-electron chi connectivity index (χ3n) is 4.77. The fourth-order valence-corrected chi connectivity index (χ4v) is 3.81. The first-order chi connectivity index (χ1) is 14.3. The Bertz CT molecular complexity index is 1250. The first kappa shape index (κ1) is 20.0. The maximum atomic E-state index is 12.0. The second kappa shape index (κ2) is 7.51. The standard InChI is InChI=1S/C21H18O8S/c1-26-14-6-3-12(4-7-14)18-16(10-29-30(2,24)25)15(21(22)23)9-13-5-8-17-20(19(13)18)28-11-27-17/h3-9H,10-11H2,1-2H3,(H,22,23). The molecule has 0 amide bonds. The van der Waals surface area contributed by atoms with Crippen LogP contribution in [0.4, 0.5) is 0 Å². The van der Waals surface area contributed by atoms with Crippen molar-refractivity contribution in [2.45, 2.75) is 6.61 Å². The summed E-state index contributed by atoms with van der Waals surface area (Å²) in [7, 11) is -2.27. The Morgan fingerprint density at radius 2 is 1.87 bits per heavy atom. The first-order valence-electron chi connectivity index (χ1n) is 8.89. The summed E-state index contributed by atoms with van der Waals surface area (Å²) in [5.41, 5.74) is 1.31. The highest BCUT2D eigenvalue weighted by Gasteiger charge is 2.26. The molecule has 0 bridgehead atoms. The van der Waals surface area contributed by atoms with Crippen LogP contribution in [-0.2, 0) is 20.9 Å². The highest BCUT2D eigenvalue weighted by molar-refractivity contribution is 7.85. The Morgan fingerprint density at radius 3 is 2.50 bits per heavy atom. The highest BCUT2D eigenvalue weighted by atomic mass is 32.2. The normalized spacial score (nSPS) is 12.9. The van der Waals surface area contributed by atoms with Gasteiger partial charge < -0.3 is 19.3 Å². The van der Waals surface area contributed by atoms with Crippen molar-refractivity contribution in [2.24, 2.45) is 0 Å². The number of hydrogen-bond donors (Lipinski definition) is 1. The van der Waals surface area contributed by atoms with E-state index >= 15 is 0 Å². The zero-order valence-electron chi connectivity index (χ0n) is 16.2. The number of fused-ring (bicyclic) bond motifs is 3. The van der Waals surface area contributed by atoms with Crippen molar-refractivity contribution >= 4 is 26.9 Å². The van der Waals surface area contributed by atoms with Crippen molar-refractivity contribution in [2.75, 3.05) is 20.2 Å². The number of aromatic carboxylic acids is 1. The van der Waals surface area contributed by atoms with Crippen LogP contribution in [0.1, 0.15) is 15.9 Å². The fourth-order valence-electron chi connectivity index (χ4n) is 3.48. The Morgan fingerprint density at radius 1 is 1.13 bits per heavy atom. The van der Waals surface area contributed by atoms with Gasteiger partial charge in [0.25, 0.3) is 10.1 Å².